The number of likely N-dealkylation sites (tertiary alicyclic amines) is 1. The molecular formula is C19H26ClN5O2S. The van der Waals surface area contributed by atoms with E-state index in [9.17, 15) is 4.79 Å². The fourth-order valence-electron chi connectivity index (χ4n) is 4.65. The Morgan fingerprint density at radius 1 is 1.29 bits per heavy atom. The number of piperidine rings is 2. The summed E-state index contributed by atoms with van der Waals surface area (Å²) in [7, 11) is 0. The van der Waals surface area contributed by atoms with Crippen molar-refractivity contribution in [1.82, 2.24) is 25.4 Å². The topological polar surface area (TPSA) is 83.1 Å². The average Bonchev–Trinajstić information content (AvgIpc) is 3.39. The number of nitrogens with zero attached hydrogens (tertiary/aromatic N) is 3. The first-order valence-corrected chi connectivity index (χ1v) is 10.7. The van der Waals surface area contributed by atoms with Crippen molar-refractivity contribution in [1.29, 1.82) is 0 Å². The normalized spacial score (nSPS) is 21.9. The molecule has 0 bridgehead atoms. The van der Waals surface area contributed by atoms with Crippen molar-refractivity contribution >= 4 is 29.7 Å². The van der Waals surface area contributed by atoms with E-state index in [1.54, 1.807) is 17.7 Å². The average molecular weight is 424 g/mol. The number of nitrogens with one attached hydrogen (secondary N) is 2. The third-order valence-corrected chi connectivity index (χ3v) is 7.55. The first-order valence-electron chi connectivity index (χ1n) is 9.88. The van der Waals surface area contributed by atoms with E-state index in [0.29, 0.717) is 5.92 Å². The quantitative estimate of drug-likeness (QED) is 0.775. The van der Waals surface area contributed by atoms with Crippen LogP contribution in [0.15, 0.2) is 12.4 Å². The summed E-state index contributed by atoms with van der Waals surface area (Å²) in [5.74, 6) is 1.49. The number of thiophene rings is 1. The number of carbonyl (C=O) groups is 1. The molecule has 2 N–H and O–H groups in total. The number of carbonyl (C=O) groups excluding carboxylic acids is 1. The zero-order valence-electron chi connectivity index (χ0n) is 15.8. The summed E-state index contributed by atoms with van der Waals surface area (Å²) in [5, 5.41) is 10.3. The highest BCUT2D eigenvalue weighted by Gasteiger charge is 2.41. The molecule has 7 nitrogen and oxygen atoms in total. The van der Waals surface area contributed by atoms with Crippen molar-refractivity contribution < 1.29 is 9.53 Å². The fraction of sp³-hybridized carbons (Fsp3) is 0.632. The summed E-state index contributed by atoms with van der Waals surface area (Å²) in [5.41, 5.74) is 1.16. The molecular weight excluding hydrogens is 398 g/mol. The number of aromatic nitrogens is 3. The Bertz CT molecular complexity index is 810. The third-order valence-electron chi connectivity index (χ3n) is 6.20. The Kier molecular flexibility index (Phi) is 5.73. The lowest BCUT2D eigenvalue weighted by molar-refractivity contribution is -0.0771. The Hall–Kier alpha value is -1.48. The fourth-order valence-corrected chi connectivity index (χ4v) is 6.03. The smallest absolute Gasteiger partial charge is 0.263 e. The lowest BCUT2D eigenvalue weighted by Gasteiger charge is -2.40. The Labute approximate surface area is 174 Å². The predicted molar refractivity (Wildman–Crippen MR) is 109 cm³/mol. The van der Waals surface area contributed by atoms with Crippen LogP contribution in [-0.4, -0.2) is 58.8 Å². The second-order valence-electron chi connectivity index (χ2n) is 7.74. The predicted octanol–water partition coefficient (Wildman–Crippen LogP) is 2.46. The van der Waals surface area contributed by atoms with Gasteiger partial charge < -0.3 is 15.0 Å². The summed E-state index contributed by atoms with van der Waals surface area (Å²) in [4.78, 5) is 21.6. The van der Waals surface area contributed by atoms with Gasteiger partial charge in [-0.05, 0) is 56.8 Å². The highest BCUT2D eigenvalue weighted by Crippen LogP contribution is 2.44. The van der Waals surface area contributed by atoms with Gasteiger partial charge in [0.2, 0.25) is 0 Å². The van der Waals surface area contributed by atoms with Crippen molar-refractivity contribution in [3.63, 3.8) is 0 Å². The van der Waals surface area contributed by atoms with E-state index in [-0.39, 0.29) is 23.9 Å². The second kappa shape index (κ2) is 8.10. The van der Waals surface area contributed by atoms with Gasteiger partial charge in [0.25, 0.3) is 5.91 Å². The van der Waals surface area contributed by atoms with Gasteiger partial charge >= 0.3 is 0 Å². The molecule has 5 heterocycles. The van der Waals surface area contributed by atoms with Gasteiger partial charge in [-0.25, -0.2) is 4.98 Å². The lowest BCUT2D eigenvalue weighted by atomic mass is 9.86. The van der Waals surface area contributed by atoms with Gasteiger partial charge in [0, 0.05) is 23.9 Å². The third kappa shape index (κ3) is 3.47. The maximum Gasteiger partial charge on any atom is 0.263 e. The minimum atomic E-state index is -0.165. The van der Waals surface area contributed by atoms with Crippen LogP contribution < -0.4 is 5.32 Å². The van der Waals surface area contributed by atoms with E-state index >= 15 is 0 Å². The molecule has 0 atom stereocenters. The molecule has 2 fully saturated rings. The van der Waals surface area contributed by atoms with E-state index in [1.165, 1.54) is 10.4 Å². The molecule has 3 aliphatic heterocycles. The van der Waals surface area contributed by atoms with Crippen LogP contribution in [0.1, 0.15) is 57.5 Å². The number of fused-ring (bicyclic) bond motifs is 2. The Balaban J connectivity index is 0.00000192. The molecule has 0 aromatic carbocycles. The maximum absolute atomic E-state index is 13.1. The van der Waals surface area contributed by atoms with E-state index in [0.717, 1.165) is 75.6 Å². The molecule has 1 spiro atoms. The molecule has 1 amide bonds. The molecule has 28 heavy (non-hydrogen) atoms. The Morgan fingerprint density at radius 2 is 2.07 bits per heavy atom. The van der Waals surface area contributed by atoms with Gasteiger partial charge in [0.15, 0.2) is 0 Å². The molecule has 0 unspecified atom stereocenters. The van der Waals surface area contributed by atoms with Crippen LogP contribution in [0.3, 0.4) is 0 Å². The van der Waals surface area contributed by atoms with E-state index in [4.69, 9.17) is 4.74 Å². The van der Waals surface area contributed by atoms with Gasteiger partial charge in [-0.15, -0.1) is 23.7 Å². The summed E-state index contributed by atoms with van der Waals surface area (Å²) >= 11 is 1.67. The first kappa shape index (κ1) is 19.8. The molecule has 3 aliphatic rings. The largest absolute Gasteiger partial charge is 0.369 e. The number of hydrogen-bond donors (Lipinski definition) is 2. The maximum atomic E-state index is 13.1. The SMILES string of the molecule is Cl.O=C(c1cc2c(s1)C1(CCNCC1)OCC2)N1CCC(c2ncn[nH]2)CC1. The van der Waals surface area contributed by atoms with Crippen molar-refractivity contribution in [3.05, 3.63) is 33.5 Å². The standard InChI is InChI=1S/C19H25N5O2S.ClH/c25-18(24-8-1-13(2-9-24)17-21-12-22-23-17)15-11-14-3-10-26-19(16(14)27-15)4-6-20-7-5-19;/h11-13,20H,1-10H2,(H,21,22,23);1H. The minimum absolute atomic E-state index is 0. The van der Waals surface area contributed by atoms with Crippen molar-refractivity contribution in [2.75, 3.05) is 32.8 Å². The zero-order valence-corrected chi connectivity index (χ0v) is 17.4. The van der Waals surface area contributed by atoms with E-state index < -0.39 is 0 Å². The Morgan fingerprint density at radius 3 is 2.79 bits per heavy atom. The van der Waals surface area contributed by atoms with Crippen molar-refractivity contribution in [2.45, 2.75) is 43.6 Å². The number of hydrogen-bond acceptors (Lipinski definition) is 6. The number of halogens is 1. The molecule has 2 aromatic heterocycles. The highest BCUT2D eigenvalue weighted by atomic mass is 35.5. The first-order chi connectivity index (χ1) is 13.3. The molecule has 2 saturated heterocycles. The molecule has 9 heteroatoms. The summed E-state index contributed by atoms with van der Waals surface area (Å²) in [6.07, 6.45) is 6.34. The summed E-state index contributed by atoms with van der Waals surface area (Å²) in [6, 6.07) is 2.14. The van der Waals surface area contributed by atoms with Crippen LogP contribution >= 0.6 is 23.7 Å². The minimum Gasteiger partial charge on any atom is -0.369 e. The second-order valence-corrected chi connectivity index (χ2v) is 8.80. The highest BCUT2D eigenvalue weighted by molar-refractivity contribution is 7.14. The van der Waals surface area contributed by atoms with Crippen LogP contribution in [-0.2, 0) is 16.8 Å². The lowest BCUT2D eigenvalue weighted by Crippen LogP contribution is -2.44. The molecule has 0 aliphatic carbocycles. The summed E-state index contributed by atoms with van der Waals surface area (Å²) < 4.78 is 6.26. The molecule has 0 saturated carbocycles. The molecule has 152 valence electrons. The number of rotatable bonds is 2. The van der Waals surface area contributed by atoms with Crippen LogP contribution in [0.25, 0.3) is 0 Å². The van der Waals surface area contributed by atoms with Crippen molar-refractivity contribution in [3.8, 4) is 0 Å². The van der Waals surface area contributed by atoms with Crippen LogP contribution in [0.5, 0.6) is 0 Å². The van der Waals surface area contributed by atoms with Crippen LogP contribution in [0.2, 0.25) is 0 Å². The zero-order chi connectivity index (χ0) is 18.3. The number of amides is 1. The molecule has 2 aromatic rings. The molecule has 5 rings (SSSR count). The number of H-pyrrole nitrogens is 1. The van der Waals surface area contributed by atoms with Gasteiger partial charge in [-0.3, -0.25) is 9.89 Å². The van der Waals surface area contributed by atoms with Gasteiger partial charge in [-0.1, -0.05) is 0 Å². The van der Waals surface area contributed by atoms with Crippen LogP contribution in [0, 0.1) is 0 Å². The van der Waals surface area contributed by atoms with Gasteiger partial charge in [-0.2, -0.15) is 5.10 Å². The summed E-state index contributed by atoms with van der Waals surface area (Å²) in [6.45, 7) is 4.28. The van der Waals surface area contributed by atoms with Gasteiger partial charge in [0.05, 0.1) is 11.5 Å². The van der Waals surface area contributed by atoms with Crippen LogP contribution in [0.4, 0.5) is 0 Å². The van der Waals surface area contributed by atoms with E-state index in [2.05, 4.69) is 26.6 Å². The molecule has 0 radical (unpaired) electrons. The van der Waals surface area contributed by atoms with Gasteiger partial charge in [0.1, 0.15) is 17.8 Å². The van der Waals surface area contributed by atoms with Crippen molar-refractivity contribution in [2.24, 2.45) is 0 Å². The monoisotopic (exact) mass is 423 g/mol. The number of ether oxygens (including phenoxy) is 1. The number of aromatic amines is 1. The van der Waals surface area contributed by atoms with E-state index in [1.807, 2.05) is 4.90 Å².